The molecule has 0 radical (unpaired) electrons. The highest BCUT2D eigenvalue weighted by atomic mass is 16.6. The summed E-state index contributed by atoms with van der Waals surface area (Å²) in [7, 11) is 0. The molecule has 0 spiro atoms. The standard InChI is InChI=1S/C20H24N2O2/c1-14-7-10-18(22(13-14)19(23)24-20(2,3)4)16-9-8-15-6-5-11-21-17(15)12-16/h5-6,8-12,14H,7,13H2,1-4H3/t14-/m0/s1. The van der Waals surface area contributed by atoms with Crippen molar-refractivity contribution in [2.24, 2.45) is 5.92 Å². The molecule has 3 rings (SSSR count). The Morgan fingerprint density at radius 3 is 2.83 bits per heavy atom. The first-order chi connectivity index (χ1) is 11.3. The highest BCUT2D eigenvalue weighted by molar-refractivity contribution is 5.87. The molecule has 0 N–H and O–H groups in total. The van der Waals surface area contributed by atoms with Crippen molar-refractivity contribution in [2.75, 3.05) is 6.54 Å². The van der Waals surface area contributed by atoms with Crippen LogP contribution in [0.3, 0.4) is 0 Å². The SMILES string of the molecule is C[C@H]1CC=C(c2ccc3cccnc3c2)N(C(=O)OC(C)(C)C)C1. The van der Waals surface area contributed by atoms with E-state index in [0.717, 1.165) is 28.6 Å². The number of amides is 1. The Kier molecular flexibility index (Phi) is 4.31. The molecule has 1 aromatic heterocycles. The summed E-state index contributed by atoms with van der Waals surface area (Å²) < 4.78 is 5.60. The van der Waals surface area contributed by atoms with Gasteiger partial charge in [-0.25, -0.2) is 4.79 Å². The van der Waals surface area contributed by atoms with Gasteiger partial charge in [0.2, 0.25) is 0 Å². The van der Waals surface area contributed by atoms with Crippen molar-refractivity contribution in [2.45, 2.75) is 39.7 Å². The van der Waals surface area contributed by atoms with E-state index in [0.29, 0.717) is 12.5 Å². The maximum Gasteiger partial charge on any atom is 0.414 e. The summed E-state index contributed by atoms with van der Waals surface area (Å²) in [4.78, 5) is 18.8. The highest BCUT2D eigenvalue weighted by Gasteiger charge is 2.29. The van der Waals surface area contributed by atoms with E-state index in [9.17, 15) is 4.79 Å². The predicted molar refractivity (Wildman–Crippen MR) is 96.4 cm³/mol. The molecular formula is C20H24N2O2. The average molecular weight is 324 g/mol. The predicted octanol–water partition coefficient (Wildman–Crippen LogP) is 4.85. The van der Waals surface area contributed by atoms with Crippen LogP contribution in [-0.4, -0.2) is 28.1 Å². The van der Waals surface area contributed by atoms with Gasteiger partial charge in [-0.1, -0.05) is 31.2 Å². The first-order valence-electron chi connectivity index (χ1n) is 8.39. The second kappa shape index (κ2) is 6.27. The van der Waals surface area contributed by atoms with Crippen LogP contribution >= 0.6 is 0 Å². The van der Waals surface area contributed by atoms with Crippen molar-refractivity contribution < 1.29 is 9.53 Å². The van der Waals surface area contributed by atoms with Gasteiger partial charge in [0.25, 0.3) is 0 Å². The Hall–Kier alpha value is -2.36. The first kappa shape index (κ1) is 16.5. The third-order valence-electron chi connectivity index (χ3n) is 4.01. The molecule has 1 aliphatic rings. The minimum Gasteiger partial charge on any atom is -0.443 e. The van der Waals surface area contributed by atoms with E-state index in [1.165, 1.54) is 0 Å². The Balaban J connectivity index is 1.96. The summed E-state index contributed by atoms with van der Waals surface area (Å²) in [5.41, 5.74) is 2.33. The lowest BCUT2D eigenvalue weighted by Crippen LogP contribution is -2.39. The number of fused-ring (bicyclic) bond motifs is 1. The number of carbonyl (C=O) groups is 1. The van der Waals surface area contributed by atoms with Gasteiger partial charge >= 0.3 is 6.09 Å². The van der Waals surface area contributed by atoms with Crippen LogP contribution in [-0.2, 0) is 4.74 Å². The molecule has 24 heavy (non-hydrogen) atoms. The molecule has 1 aliphatic heterocycles. The fourth-order valence-corrected chi connectivity index (χ4v) is 2.90. The van der Waals surface area contributed by atoms with Crippen molar-refractivity contribution in [3.63, 3.8) is 0 Å². The molecule has 2 heterocycles. The van der Waals surface area contributed by atoms with Crippen molar-refractivity contribution in [3.05, 3.63) is 48.2 Å². The number of ether oxygens (including phenoxy) is 1. The van der Waals surface area contributed by atoms with Gasteiger partial charge in [0.05, 0.1) is 11.2 Å². The molecule has 0 bridgehead atoms. The number of rotatable bonds is 1. The van der Waals surface area contributed by atoms with Crippen molar-refractivity contribution in [1.29, 1.82) is 0 Å². The third-order valence-corrected chi connectivity index (χ3v) is 4.01. The van der Waals surface area contributed by atoms with Crippen LogP contribution in [0.2, 0.25) is 0 Å². The van der Waals surface area contributed by atoms with Crippen molar-refractivity contribution in [1.82, 2.24) is 9.88 Å². The number of pyridine rings is 1. The minimum absolute atomic E-state index is 0.290. The van der Waals surface area contributed by atoms with E-state index in [-0.39, 0.29) is 6.09 Å². The fraction of sp³-hybridized carbons (Fsp3) is 0.400. The Labute approximate surface area is 143 Å². The van der Waals surface area contributed by atoms with Crippen LogP contribution in [0.4, 0.5) is 4.79 Å². The zero-order valence-electron chi connectivity index (χ0n) is 14.7. The van der Waals surface area contributed by atoms with Gasteiger partial charge in [-0.2, -0.15) is 0 Å². The molecule has 126 valence electrons. The normalized spacial score (nSPS) is 18.4. The van der Waals surface area contributed by atoms with Crippen LogP contribution < -0.4 is 0 Å². The molecule has 0 fully saturated rings. The Morgan fingerprint density at radius 1 is 1.29 bits per heavy atom. The number of benzene rings is 1. The van der Waals surface area contributed by atoms with Gasteiger partial charge in [0.15, 0.2) is 0 Å². The lowest BCUT2D eigenvalue weighted by molar-refractivity contribution is 0.0327. The molecule has 1 aromatic carbocycles. The summed E-state index contributed by atoms with van der Waals surface area (Å²) >= 11 is 0. The van der Waals surface area contributed by atoms with E-state index in [4.69, 9.17) is 4.74 Å². The average Bonchev–Trinajstić information content (AvgIpc) is 2.53. The fourth-order valence-electron chi connectivity index (χ4n) is 2.90. The monoisotopic (exact) mass is 324 g/mol. The molecule has 1 atom stereocenters. The number of nitrogens with zero attached hydrogens (tertiary/aromatic N) is 2. The molecule has 0 saturated carbocycles. The van der Waals surface area contributed by atoms with Gasteiger partial charge in [-0.3, -0.25) is 9.88 Å². The molecule has 0 aliphatic carbocycles. The summed E-state index contributed by atoms with van der Waals surface area (Å²) in [6.45, 7) is 8.48. The van der Waals surface area contributed by atoms with Gasteiger partial charge in [0.1, 0.15) is 5.60 Å². The number of aromatic nitrogens is 1. The first-order valence-corrected chi connectivity index (χ1v) is 8.39. The molecular weight excluding hydrogens is 300 g/mol. The quantitative estimate of drug-likeness (QED) is 0.753. The minimum atomic E-state index is -0.506. The van der Waals surface area contributed by atoms with E-state index >= 15 is 0 Å². The highest BCUT2D eigenvalue weighted by Crippen LogP contribution is 2.30. The molecule has 1 amide bonds. The zero-order chi connectivity index (χ0) is 17.3. The summed E-state index contributed by atoms with van der Waals surface area (Å²) in [6.07, 6.45) is 4.58. The van der Waals surface area contributed by atoms with Gasteiger partial charge in [-0.05, 0) is 45.2 Å². The lowest BCUT2D eigenvalue weighted by Gasteiger charge is -2.34. The topological polar surface area (TPSA) is 42.4 Å². The molecule has 0 unspecified atom stereocenters. The largest absolute Gasteiger partial charge is 0.443 e. The second-order valence-electron chi connectivity index (χ2n) is 7.43. The smallest absolute Gasteiger partial charge is 0.414 e. The van der Waals surface area contributed by atoms with E-state index < -0.39 is 5.60 Å². The molecule has 2 aromatic rings. The summed E-state index contributed by atoms with van der Waals surface area (Å²) in [5, 5.41) is 1.09. The van der Waals surface area contributed by atoms with Crippen LogP contribution in [0.15, 0.2) is 42.6 Å². The Bertz CT molecular complexity index is 790. The second-order valence-corrected chi connectivity index (χ2v) is 7.43. The number of hydrogen-bond donors (Lipinski definition) is 0. The van der Waals surface area contributed by atoms with Gasteiger partial charge in [-0.15, -0.1) is 0 Å². The van der Waals surface area contributed by atoms with Crippen molar-refractivity contribution in [3.8, 4) is 0 Å². The maximum absolute atomic E-state index is 12.7. The number of carbonyl (C=O) groups excluding carboxylic acids is 1. The molecule has 4 heteroatoms. The number of allylic oxidation sites excluding steroid dienone is 1. The van der Waals surface area contributed by atoms with Gasteiger partial charge < -0.3 is 4.74 Å². The summed E-state index contributed by atoms with van der Waals surface area (Å²) in [5.74, 6) is 0.417. The summed E-state index contributed by atoms with van der Waals surface area (Å²) in [6, 6.07) is 10.1. The zero-order valence-corrected chi connectivity index (χ0v) is 14.7. The van der Waals surface area contributed by atoms with Crippen LogP contribution in [0.25, 0.3) is 16.6 Å². The van der Waals surface area contributed by atoms with E-state index in [1.54, 1.807) is 11.1 Å². The van der Waals surface area contributed by atoms with Crippen LogP contribution in [0.1, 0.15) is 39.7 Å². The maximum atomic E-state index is 12.7. The van der Waals surface area contributed by atoms with Crippen LogP contribution in [0, 0.1) is 5.92 Å². The number of hydrogen-bond acceptors (Lipinski definition) is 3. The van der Waals surface area contributed by atoms with Crippen molar-refractivity contribution >= 4 is 22.7 Å². The van der Waals surface area contributed by atoms with Crippen LogP contribution in [0.5, 0.6) is 0 Å². The molecule has 0 saturated heterocycles. The van der Waals surface area contributed by atoms with E-state index in [1.807, 2.05) is 51.1 Å². The third kappa shape index (κ3) is 3.58. The van der Waals surface area contributed by atoms with Gasteiger partial charge in [0, 0.05) is 23.7 Å². The Morgan fingerprint density at radius 2 is 2.08 bits per heavy atom. The van der Waals surface area contributed by atoms with E-state index in [2.05, 4.69) is 18.0 Å². The lowest BCUT2D eigenvalue weighted by atomic mass is 9.98. The molecule has 4 nitrogen and oxygen atoms in total.